The van der Waals surface area contributed by atoms with Gasteiger partial charge < -0.3 is 10.6 Å². The normalized spacial score (nSPS) is 19.5. The summed E-state index contributed by atoms with van der Waals surface area (Å²) >= 11 is 0. The van der Waals surface area contributed by atoms with E-state index in [1.807, 2.05) is 13.0 Å². The average molecular weight is 249 g/mol. The van der Waals surface area contributed by atoms with Crippen molar-refractivity contribution < 1.29 is 4.92 Å². The highest BCUT2D eigenvalue weighted by Gasteiger charge is 2.16. The van der Waals surface area contributed by atoms with Crippen LogP contribution in [0.2, 0.25) is 0 Å². The van der Waals surface area contributed by atoms with Crippen molar-refractivity contribution in [2.75, 3.05) is 18.4 Å². The Balaban J connectivity index is 2.03. The lowest BCUT2D eigenvalue weighted by Crippen LogP contribution is -2.39. The Labute approximate surface area is 107 Å². The molecule has 1 heterocycles. The topological polar surface area (TPSA) is 67.2 Å². The van der Waals surface area contributed by atoms with Crippen molar-refractivity contribution in [3.05, 3.63) is 33.9 Å². The molecule has 18 heavy (non-hydrogen) atoms. The van der Waals surface area contributed by atoms with Crippen LogP contribution in [0.15, 0.2) is 18.2 Å². The molecule has 0 bridgehead atoms. The van der Waals surface area contributed by atoms with E-state index in [1.165, 1.54) is 12.8 Å². The van der Waals surface area contributed by atoms with Crippen LogP contribution in [0.3, 0.4) is 0 Å². The maximum absolute atomic E-state index is 10.9. The van der Waals surface area contributed by atoms with Crippen LogP contribution in [0.4, 0.5) is 11.4 Å². The maximum atomic E-state index is 10.9. The summed E-state index contributed by atoms with van der Waals surface area (Å²) < 4.78 is 0. The molecule has 0 aliphatic carbocycles. The summed E-state index contributed by atoms with van der Waals surface area (Å²) in [7, 11) is 0. The summed E-state index contributed by atoms with van der Waals surface area (Å²) in [5.41, 5.74) is 1.79. The minimum atomic E-state index is -0.337. The van der Waals surface area contributed by atoms with Gasteiger partial charge in [-0.3, -0.25) is 10.1 Å². The first kappa shape index (κ1) is 12.8. The van der Waals surface area contributed by atoms with Crippen LogP contribution >= 0.6 is 0 Å². The zero-order valence-corrected chi connectivity index (χ0v) is 10.6. The van der Waals surface area contributed by atoms with Crippen LogP contribution in [0.5, 0.6) is 0 Å². The monoisotopic (exact) mass is 249 g/mol. The Morgan fingerprint density at radius 1 is 1.50 bits per heavy atom. The number of nitro benzene ring substituents is 1. The number of benzene rings is 1. The van der Waals surface area contributed by atoms with Gasteiger partial charge in [0.1, 0.15) is 5.69 Å². The molecule has 1 fully saturated rings. The molecule has 2 N–H and O–H groups in total. The summed E-state index contributed by atoms with van der Waals surface area (Å²) in [4.78, 5) is 10.6. The lowest BCUT2D eigenvalue weighted by molar-refractivity contribution is -0.384. The van der Waals surface area contributed by atoms with Crippen molar-refractivity contribution in [2.24, 2.45) is 0 Å². The minimum absolute atomic E-state index is 0.149. The van der Waals surface area contributed by atoms with Crippen molar-refractivity contribution in [3.63, 3.8) is 0 Å². The molecule has 2 rings (SSSR count). The lowest BCUT2D eigenvalue weighted by atomic mass is 10.0. The molecule has 5 nitrogen and oxygen atoms in total. The number of hydrogen-bond acceptors (Lipinski definition) is 4. The highest BCUT2D eigenvalue weighted by atomic mass is 16.6. The largest absolute Gasteiger partial charge is 0.378 e. The fourth-order valence-electron chi connectivity index (χ4n) is 2.28. The molecule has 0 saturated carbocycles. The van der Waals surface area contributed by atoms with Gasteiger partial charge in [-0.25, -0.2) is 0 Å². The standard InChI is InChI=1S/C13H19N3O2/c1-10-5-6-13(16(17)18)12(8-10)15-9-11-4-2-3-7-14-11/h5-6,8,11,14-15H,2-4,7,9H2,1H3. The second-order valence-electron chi connectivity index (χ2n) is 4.81. The molecular weight excluding hydrogens is 230 g/mol. The molecule has 0 spiro atoms. The third-order valence-corrected chi connectivity index (χ3v) is 3.30. The molecule has 0 amide bonds. The van der Waals surface area contributed by atoms with Crippen LogP contribution < -0.4 is 10.6 Å². The molecule has 1 aromatic rings. The van der Waals surface area contributed by atoms with Crippen molar-refractivity contribution in [1.29, 1.82) is 0 Å². The van der Waals surface area contributed by atoms with E-state index in [4.69, 9.17) is 0 Å². The van der Waals surface area contributed by atoms with Crippen LogP contribution in [-0.4, -0.2) is 24.1 Å². The van der Waals surface area contributed by atoms with E-state index in [2.05, 4.69) is 10.6 Å². The van der Waals surface area contributed by atoms with Gasteiger partial charge in [-0.1, -0.05) is 12.5 Å². The highest BCUT2D eigenvalue weighted by molar-refractivity contribution is 5.62. The summed E-state index contributed by atoms with van der Waals surface area (Å²) in [5.74, 6) is 0. The fourth-order valence-corrected chi connectivity index (χ4v) is 2.28. The van der Waals surface area contributed by atoms with Crippen LogP contribution in [0.1, 0.15) is 24.8 Å². The molecule has 5 heteroatoms. The second-order valence-corrected chi connectivity index (χ2v) is 4.81. The van der Waals surface area contributed by atoms with Gasteiger partial charge >= 0.3 is 0 Å². The molecule has 1 aliphatic rings. The van der Waals surface area contributed by atoms with Crippen molar-refractivity contribution in [2.45, 2.75) is 32.2 Å². The minimum Gasteiger partial charge on any atom is -0.378 e. The fraction of sp³-hybridized carbons (Fsp3) is 0.538. The van der Waals surface area contributed by atoms with Gasteiger partial charge in [0, 0.05) is 18.7 Å². The van der Waals surface area contributed by atoms with E-state index in [9.17, 15) is 10.1 Å². The van der Waals surface area contributed by atoms with E-state index in [1.54, 1.807) is 12.1 Å². The molecule has 0 aromatic heterocycles. The predicted octanol–water partition coefficient (Wildman–Crippen LogP) is 2.46. The van der Waals surface area contributed by atoms with Gasteiger partial charge in [-0.15, -0.1) is 0 Å². The molecule has 1 aromatic carbocycles. The zero-order chi connectivity index (χ0) is 13.0. The third-order valence-electron chi connectivity index (χ3n) is 3.30. The Hall–Kier alpha value is -1.62. The molecule has 1 saturated heterocycles. The first-order chi connectivity index (χ1) is 8.66. The van der Waals surface area contributed by atoms with Gasteiger partial charge in [0.15, 0.2) is 0 Å². The number of aryl methyl sites for hydroxylation is 1. The Kier molecular flexibility index (Phi) is 4.15. The van der Waals surface area contributed by atoms with E-state index < -0.39 is 0 Å². The molecule has 1 unspecified atom stereocenters. The maximum Gasteiger partial charge on any atom is 0.292 e. The van der Waals surface area contributed by atoms with Crippen LogP contribution in [0.25, 0.3) is 0 Å². The average Bonchev–Trinajstić information content (AvgIpc) is 2.37. The number of anilines is 1. The first-order valence-corrected chi connectivity index (χ1v) is 6.39. The number of nitrogens with zero attached hydrogens (tertiary/aromatic N) is 1. The molecule has 0 radical (unpaired) electrons. The molecule has 1 aliphatic heterocycles. The van der Waals surface area contributed by atoms with Gasteiger partial charge in [0.25, 0.3) is 5.69 Å². The summed E-state index contributed by atoms with van der Waals surface area (Å²) in [6, 6.07) is 5.58. The van der Waals surface area contributed by atoms with Gasteiger partial charge in [-0.05, 0) is 37.9 Å². The number of nitrogens with one attached hydrogen (secondary N) is 2. The molecular formula is C13H19N3O2. The Morgan fingerprint density at radius 3 is 3.00 bits per heavy atom. The van der Waals surface area contributed by atoms with Gasteiger partial charge in [0.2, 0.25) is 0 Å². The SMILES string of the molecule is Cc1ccc([N+](=O)[O-])c(NCC2CCCCN2)c1. The Morgan fingerprint density at radius 2 is 2.33 bits per heavy atom. The number of hydrogen-bond donors (Lipinski definition) is 2. The van der Waals surface area contributed by atoms with E-state index in [-0.39, 0.29) is 10.6 Å². The molecule has 98 valence electrons. The van der Waals surface area contributed by atoms with Crippen molar-refractivity contribution in [1.82, 2.24) is 5.32 Å². The second kappa shape index (κ2) is 5.82. The van der Waals surface area contributed by atoms with Gasteiger partial charge in [-0.2, -0.15) is 0 Å². The smallest absolute Gasteiger partial charge is 0.292 e. The zero-order valence-electron chi connectivity index (χ0n) is 10.6. The first-order valence-electron chi connectivity index (χ1n) is 6.39. The lowest BCUT2D eigenvalue weighted by Gasteiger charge is -2.24. The van der Waals surface area contributed by atoms with Crippen molar-refractivity contribution in [3.8, 4) is 0 Å². The highest BCUT2D eigenvalue weighted by Crippen LogP contribution is 2.25. The molecule has 1 atom stereocenters. The third kappa shape index (κ3) is 3.20. The number of rotatable bonds is 4. The number of nitro groups is 1. The summed E-state index contributed by atoms with van der Waals surface area (Å²) in [5, 5.41) is 17.6. The van der Waals surface area contributed by atoms with E-state index >= 15 is 0 Å². The predicted molar refractivity (Wildman–Crippen MR) is 72.0 cm³/mol. The van der Waals surface area contributed by atoms with E-state index in [0.29, 0.717) is 11.7 Å². The Bertz CT molecular complexity index is 428. The van der Waals surface area contributed by atoms with Crippen LogP contribution in [0, 0.1) is 17.0 Å². The van der Waals surface area contributed by atoms with E-state index in [0.717, 1.165) is 25.1 Å². The number of piperidine rings is 1. The van der Waals surface area contributed by atoms with Crippen molar-refractivity contribution >= 4 is 11.4 Å². The summed E-state index contributed by atoms with van der Waals surface area (Å²) in [6.07, 6.45) is 3.59. The summed E-state index contributed by atoms with van der Waals surface area (Å²) in [6.45, 7) is 3.72. The quantitative estimate of drug-likeness (QED) is 0.635. The van der Waals surface area contributed by atoms with Gasteiger partial charge in [0.05, 0.1) is 4.92 Å². The van der Waals surface area contributed by atoms with Crippen LogP contribution in [-0.2, 0) is 0 Å².